The number of aryl methyl sites for hydroxylation is 1. The molecule has 4 heteroatoms. The van der Waals surface area contributed by atoms with E-state index in [-0.39, 0.29) is 0 Å². The molecule has 2 rings (SSSR count). The standard InChI is InChI=1S/C11H10Cl2OS/c1-6-8(5-14-2)7-3-4-9(12)10(13)11(7)15-6/h3-4H,5H2,1-2H3. The van der Waals surface area contributed by atoms with Gasteiger partial charge in [-0.05, 0) is 23.9 Å². The summed E-state index contributed by atoms with van der Waals surface area (Å²) in [6, 6.07) is 3.83. The predicted octanol–water partition coefficient (Wildman–Crippen LogP) is 4.66. The summed E-state index contributed by atoms with van der Waals surface area (Å²) in [5.74, 6) is 0. The van der Waals surface area contributed by atoms with Gasteiger partial charge in [-0.3, -0.25) is 0 Å². The van der Waals surface area contributed by atoms with E-state index in [1.807, 2.05) is 12.1 Å². The lowest BCUT2D eigenvalue weighted by molar-refractivity contribution is 0.186. The van der Waals surface area contributed by atoms with Crippen LogP contribution in [0.4, 0.5) is 0 Å². The molecule has 0 radical (unpaired) electrons. The number of hydrogen-bond acceptors (Lipinski definition) is 2. The van der Waals surface area contributed by atoms with Crippen molar-refractivity contribution in [3.8, 4) is 0 Å². The predicted molar refractivity (Wildman–Crippen MR) is 67.3 cm³/mol. The highest BCUT2D eigenvalue weighted by atomic mass is 35.5. The Balaban J connectivity index is 2.73. The highest BCUT2D eigenvalue weighted by Gasteiger charge is 2.12. The van der Waals surface area contributed by atoms with Gasteiger partial charge >= 0.3 is 0 Å². The van der Waals surface area contributed by atoms with E-state index in [4.69, 9.17) is 27.9 Å². The van der Waals surface area contributed by atoms with Crippen molar-refractivity contribution >= 4 is 44.6 Å². The monoisotopic (exact) mass is 260 g/mol. The van der Waals surface area contributed by atoms with Gasteiger partial charge in [-0.2, -0.15) is 0 Å². The molecule has 0 atom stereocenters. The Morgan fingerprint density at radius 3 is 2.73 bits per heavy atom. The average Bonchev–Trinajstić information content (AvgIpc) is 2.52. The lowest BCUT2D eigenvalue weighted by Crippen LogP contribution is -1.87. The quantitative estimate of drug-likeness (QED) is 0.763. The summed E-state index contributed by atoms with van der Waals surface area (Å²) in [5.41, 5.74) is 1.20. The Hall–Kier alpha value is -0.280. The molecule has 1 aromatic heterocycles. The van der Waals surface area contributed by atoms with Crippen LogP contribution in [0, 0.1) is 6.92 Å². The average molecular weight is 261 g/mol. The molecule has 0 saturated heterocycles. The molecule has 0 aliphatic heterocycles. The molecule has 1 nitrogen and oxygen atoms in total. The second kappa shape index (κ2) is 4.30. The van der Waals surface area contributed by atoms with Gasteiger partial charge < -0.3 is 4.74 Å². The van der Waals surface area contributed by atoms with Gasteiger partial charge in [-0.25, -0.2) is 0 Å². The number of benzene rings is 1. The Morgan fingerprint density at radius 1 is 1.33 bits per heavy atom. The first-order valence-electron chi connectivity index (χ1n) is 4.50. The fraction of sp³-hybridized carbons (Fsp3) is 0.273. The molecule has 0 bridgehead atoms. The Morgan fingerprint density at radius 2 is 2.07 bits per heavy atom. The van der Waals surface area contributed by atoms with Crippen molar-refractivity contribution in [1.82, 2.24) is 0 Å². The molecule has 0 aliphatic carbocycles. The van der Waals surface area contributed by atoms with E-state index in [2.05, 4.69) is 6.92 Å². The largest absolute Gasteiger partial charge is 0.380 e. The number of methoxy groups -OCH3 is 1. The maximum Gasteiger partial charge on any atom is 0.0770 e. The number of thiophene rings is 1. The fourth-order valence-electron chi connectivity index (χ4n) is 1.60. The minimum absolute atomic E-state index is 0.606. The number of halogens is 2. The van der Waals surface area contributed by atoms with Crippen molar-refractivity contribution in [2.45, 2.75) is 13.5 Å². The van der Waals surface area contributed by atoms with Crippen LogP contribution < -0.4 is 0 Å². The molecule has 0 N–H and O–H groups in total. The van der Waals surface area contributed by atoms with Crippen LogP contribution in [0.3, 0.4) is 0 Å². The zero-order valence-electron chi connectivity index (χ0n) is 8.43. The van der Waals surface area contributed by atoms with Crippen molar-refractivity contribution in [1.29, 1.82) is 0 Å². The van der Waals surface area contributed by atoms with Gasteiger partial charge in [0.1, 0.15) is 0 Å². The Kier molecular flexibility index (Phi) is 3.21. The van der Waals surface area contributed by atoms with Gasteiger partial charge in [0.2, 0.25) is 0 Å². The Bertz CT molecular complexity index is 505. The van der Waals surface area contributed by atoms with Crippen LogP contribution in [0.5, 0.6) is 0 Å². The normalized spacial score (nSPS) is 11.2. The van der Waals surface area contributed by atoms with Gasteiger partial charge in [0.05, 0.1) is 21.4 Å². The van der Waals surface area contributed by atoms with Crippen LogP contribution in [0.2, 0.25) is 10.0 Å². The van der Waals surface area contributed by atoms with E-state index in [0.29, 0.717) is 16.7 Å². The molecule has 80 valence electrons. The van der Waals surface area contributed by atoms with Crippen LogP contribution in [0.15, 0.2) is 12.1 Å². The second-order valence-corrected chi connectivity index (χ2v) is 5.32. The van der Waals surface area contributed by atoms with Gasteiger partial charge in [0.25, 0.3) is 0 Å². The van der Waals surface area contributed by atoms with Crippen LogP contribution in [-0.2, 0) is 11.3 Å². The maximum absolute atomic E-state index is 6.15. The molecule has 0 unspecified atom stereocenters. The third-order valence-corrected chi connectivity index (χ3v) is 4.44. The molecular weight excluding hydrogens is 251 g/mol. The van der Waals surface area contributed by atoms with E-state index < -0.39 is 0 Å². The number of ether oxygens (including phenoxy) is 1. The summed E-state index contributed by atoms with van der Waals surface area (Å²) in [5, 5.41) is 2.40. The molecule has 0 aliphatic rings. The molecule has 1 heterocycles. The minimum atomic E-state index is 0.606. The molecule has 2 aromatic rings. The van der Waals surface area contributed by atoms with Gasteiger partial charge in [-0.15, -0.1) is 11.3 Å². The zero-order chi connectivity index (χ0) is 11.0. The van der Waals surface area contributed by atoms with E-state index in [9.17, 15) is 0 Å². The van der Waals surface area contributed by atoms with Crippen molar-refractivity contribution in [2.75, 3.05) is 7.11 Å². The van der Waals surface area contributed by atoms with Gasteiger partial charge in [0, 0.05) is 12.0 Å². The van der Waals surface area contributed by atoms with Crippen molar-refractivity contribution < 1.29 is 4.74 Å². The van der Waals surface area contributed by atoms with Crippen LogP contribution in [-0.4, -0.2) is 7.11 Å². The first-order valence-corrected chi connectivity index (χ1v) is 6.07. The van der Waals surface area contributed by atoms with Gasteiger partial charge in [-0.1, -0.05) is 29.3 Å². The molecular formula is C11H10Cl2OS. The fourth-order valence-corrected chi connectivity index (χ4v) is 3.19. The summed E-state index contributed by atoms with van der Waals surface area (Å²) in [4.78, 5) is 1.23. The molecule has 0 amide bonds. The smallest absolute Gasteiger partial charge is 0.0770 e. The molecule has 0 spiro atoms. The molecule has 0 saturated carbocycles. The second-order valence-electron chi connectivity index (χ2n) is 3.31. The minimum Gasteiger partial charge on any atom is -0.380 e. The summed E-state index contributed by atoms with van der Waals surface area (Å²) >= 11 is 13.8. The zero-order valence-corrected chi connectivity index (χ0v) is 10.8. The molecule has 15 heavy (non-hydrogen) atoms. The van der Waals surface area contributed by atoms with Crippen molar-refractivity contribution in [2.24, 2.45) is 0 Å². The summed E-state index contributed by atoms with van der Waals surface area (Å²) in [7, 11) is 1.69. The maximum atomic E-state index is 6.15. The summed E-state index contributed by atoms with van der Waals surface area (Å²) < 4.78 is 6.23. The third kappa shape index (κ3) is 1.87. The SMILES string of the molecule is COCc1c(C)sc2c(Cl)c(Cl)ccc12. The van der Waals surface area contributed by atoms with E-state index >= 15 is 0 Å². The number of hydrogen-bond donors (Lipinski definition) is 0. The Labute approximate surface area is 103 Å². The van der Waals surface area contributed by atoms with Crippen LogP contribution in [0.25, 0.3) is 10.1 Å². The summed E-state index contributed by atoms with van der Waals surface area (Å²) in [6.07, 6.45) is 0. The van der Waals surface area contributed by atoms with Crippen molar-refractivity contribution in [3.05, 3.63) is 32.6 Å². The highest BCUT2D eigenvalue weighted by molar-refractivity contribution is 7.20. The van der Waals surface area contributed by atoms with Crippen LogP contribution >= 0.6 is 34.5 Å². The topological polar surface area (TPSA) is 9.23 Å². The first-order chi connectivity index (χ1) is 7.15. The molecule has 1 aromatic carbocycles. The number of rotatable bonds is 2. The van der Waals surface area contributed by atoms with E-state index in [0.717, 1.165) is 10.1 Å². The molecule has 0 fully saturated rings. The number of fused-ring (bicyclic) bond motifs is 1. The lowest BCUT2D eigenvalue weighted by Gasteiger charge is -2.00. The van der Waals surface area contributed by atoms with E-state index in [1.165, 1.54) is 10.4 Å². The first kappa shape index (κ1) is 11.2. The van der Waals surface area contributed by atoms with Crippen molar-refractivity contribution in [3.63, 3.8) is 0 Å². The third-order valence-electron chi connectivity index (χ3n) is 2.34. The van der Waals surface area contributed by atoms with Crippen LogP contribution in [0.1, 0.15) is 10.4 Å². The summed E-state index contributed by atoms with van der Waals surface area (Å²) in [6.45, 7) is 2.69. The highest BCUT2D eigenvalue weighted by Crippen LogP contribution is 2.39. The van der Waals surface area contributed by atoms with Gasteiger partial charge in [0.15, 0.2) is 0 Å². The van der Waals surface area contributed by atoms with E-state index in [1.54, 1.807) is 18.4 Å². The lowest BCUT2D eigenvalue weighted by atomic mass is 10.1.